The number of fused-ring (bicyclic) bond motifs is 1. The number of nitriles is 2. The molecule has 3 nitrogen and oxygen atoms in total. The topological polar surface area (TPSA) is 63.4 Å². The summed E-state index contributed by atoms with van der Waals surface area (Å²) in [5, 5.41) is 18.5. The number of nitrogens with one attached hydrogen (secondary N) is 1. The molecule has 1 N–H and O–H groups in total. The number of para-hydroxylation sites is 1. The van der Waals surface area contributed by atoms with E-state index in [-0.39, 0.29) is 0 Å². The fourth-order valence-electron chi connectivity index (χ4n) is 1.64. The molecule has 0 aliphatic heterocycles. The van der Waals surface area contributed by atoms with Gasteiger partial charge in [-0.15, -0.1) is 0 Å². The van der Waals surface area contributed by atoms with Gasteiger partial charge in [0, 0.05) is 23.5 Å². The van der Waals surface area contributed by atoms with E-state index in [1.807, 2.05) is 42.6 Å². The normalized spacial score (nSPS) is 10.1. The van der Waals surface area contributed by atoms with Gasteiger partial charge in [-0.25, -0.2) is 0 Å². The molecular weight excluding hydrogens is 186 g/mol. The molecule has 1 aromatic heterocycles. The maximum atomic E-state index is 8.71. The highest BCUT2D eigenvalue weighted by atomic mass is 14.7. The van der Waals surface area contributed by atoms with E-state index in [9.17, 15) is 0 Å². The zero-order chi connectivity index (χ0) is 10.7. The van der Waals surface area contributed by atoms with Crippen LogP contribution in [0.4, 0.5) is 0 Å². The van der Waals surface area contributed by atoms with Gasteiger partial charge in [0.25, 0.3) is 0 Å². The van der Waals surface area contributed by atoms with Gasteiger partial charge in [-0.05, 0) is 11.6 Å². The highest BCUT2D eigenvalue weighted by Crippen LogP contribution is 2.20. The molecule has 0 amide bonds. The average Bonchev–Trinajstić information content (AvgIpc) is 2.69. The number of rotatable bonds is 2. The van der Waals surface area contributed by atoms with Crippen LogP contribution in [0, 0.1) is 28.6 Å². The highest BCUT2D eigenvalue weighted by Gasteiger charge is 2.10. The summed E-state index contributed by atoms with van der Waals surface area (Å²) in [6.07, 6.45) is 2.35. The molecule has 0 fully saturated rings. The van der Waals surface area contributed by atoms with Crippen molar-refractivity contribution in [3.05, 3.63) is 36.0 Å². The van der Waals surface area contributed by atoms with Gasteiger partial charge < -0.3 is 4.98 Å². The van der Waals surface area contributed by atoms with Crippen molar-refractivity contribution in [2.75, 3.05) is 0 Å². The van der Waals surface area contributed by atoms with Gasteiger partial charge in [-0.1, -0.05) is 18.2 Å². The summed E-state index contributed by atoms with van der Waals surface area (Å²) in [6.45, 7) is 0. The highest BCUT2D eigenvalue weighted by molar-refractivity contribution is 5.83. The van der Waals surface area contributed by atoms with E-state index in [2.05, 4.69) is 4.98 Å². The van der Waals surface area contributed by atoms with Crippen molar-refractivity contribution in [2.24, 2.45) is 5.92 Å². The first-order valence-corrected chi connectivity index (χ1v) is 4.69. The lowest BCUT2D eigenvalue weighted by molar-refractivity contribution is 0.839. The molecule has 15 heavy (non-hydrogen) atoms. The molecule has 2 aromatic rings. The van der Waals surface area contributed by atoms with Crippen LogP contribution < -0.4 is 0 Å². The Hall–Kier alpha value is -2.26. The second-order valence-electron chi connectivity index (χ2n) is 3.37. The van der Waals surface area contributed by atoms with Crippen LogP contribution >= 0.6 is 0 Å². The van der Waals surface area contributed by atoms with E-state index in [1.54, 1.807) is 0 Å². The van der Waals surface area contributed by atoms with Gasteiger partial charge in [-0.2, -0.15) is 10.5 Å². The van der Waals surface area contributed by atoms with Gasteiger partial charge in [0.15, 0.2) is 0 Å². The Labute approximate surface area is 87.6 Å². The van der Waals surface area contributed by atoms with E-state index in [1.165, 1.54) is 0 Å². The van der Waals surface area contributed by atoms with Crippen molar-refractivity contribution < 1.29 is 0 Å². The second-order valence-corrected chi connectivity index (χ2v) is 3.37. The van der Waals surface area contributed by atoms with Crippen LogP contribution in [0.25, 0.3) is 10.9 Å². The molecule has 1 aromatic carbocycles. The fourth-order valence-corrected chi connectivity index (χ4v) is 1.64. The molecule has 3 heteroatoms. The predicted molar refractivity (Wildman–Crippen MR) is 56.7 cm³/mol. The van der Waals surface area contributed by atoms with Crippen molar-refractivity contribution in [1.82, 2.24) is 4.98 Å². The van der Waals surface area contributed by atoms with Gasteiger partial charge in [0.1, 0.15) is 5.92 Å². The van der Waals surface area contributed by atoms with Crippen LogP contribution in [0.15, 0.2) is 30.5 Å². The Morgan fingerprint density at radius 2 is 1.93 bits per heavy atom. The van der Waals surface area contributed by atoms with Gasteiger partial charge in [0.2, 0.25) is 0 Å². The Morgan fingerprint density at radius 1 is 1.20 bits per heavy atom. The molecule has 0 aliphatic carbocycles. The summed E-state index contributed by atoms with van der Waals surface area (Å²) in [5.74, 6) is -0.566. The first-order valence-electron chi connectivity index (χ1n) is 4.69. The number of H-pyrrole nitrogens is 1. The molecule has 0 bridgehead atoms. The smallest absolute Gasteiger partial charge is 0.137 e. The number of aromatic amines is 1. The van der Waals surface area contributed by atoms with Crippen LogP contribution in [0.3, 0.4) is 0 Å². The Kier molecular flexibility index (Phi) is 2.39. The molecular formula is C12H9N3. The molecule has 0 atom stereocenters. The molecule has 0 aliphatic rings. The third kappa shape index (κ3) is 1.68. The van der Waals surface area contributed by atoms with Crippen molar-refractivity contribution in [1.29, 1.82) is 10.5 Å². The van der Waals surface area contributed by atoms with Crippen LogP contribution in [0.2, 0.25) is 0 Å². The van der Waals surface area contributed by atoms with Gasteiger partial charge in [-0.3, -0.25) is 0 Å². The summed E-state index contributed by atoms with van der Waals surface area (Å²) in [5.41, 5.74) is 2.07. The number of hydrogen-bond acceptors (Lipinski definition) is 2. The van der Waals surface area contributed by atoms with Gasteiger partial charge in [0.05, 0.1) is 12.1 Å². The number of aromatic nitrogens is 1. The molecule has 0 saturated carbocycles. The lowest BCUT2D eigenvalue weighted by Crippen LogP contribution is -1.97. The molecule has 0 unspecified atom stereocenters. The Balaban J connectivity index is 2.38. The molecule has 0 spiro atoms. The van der Waals surface area contributed by atoms with E-state index in [4.69, 9.17) is 10.5 Å². The van der Waals surface area contributed by atoms with Crippen LogP contribution in [-0.2, 0) is 6.42 Å². The Morgan fingerprint density at radius 3 is 2.67 bits per heavy atom. The number of benzene rings is 1. The zero-order valence-electron chi connectivity index (χ0n) is 8.07. The second kappa shape index (κ2) is 3.86. The first-order chi connectivity index (χ1) is 7.35. The predicted octanol–water partition coefficient (Wildman–Crippen LogP) is 2.37. The number of hydrogen-bond donors (Lipinski definition) is 1. The van der Waals surface area contributed by atoms with Crippen molar-refractivity contribution in [3.63, 3.8) is 0 Å². The monoisotopic (exact) mass is 195 g/mol. The molecule has 2 rings (SSSR count). The van der Waals surface area contributed by atoms with E-state index in [0.717, 1.165) is 16.5 Å². The summed E-state index contributed by atoms with van der Waals surface area (Å²) in [7, 11) is 0. The quantitative estimate of drug-likeness (QED) is 0.799. The third-order valence-electron chi connectivity index (χ3n) is 2.41. The van der Waals surface area contributed by atoms with E-state index in [0.29, 0.717) is 6.42 Å². The lowest BCUT2D eigenvalue weighted by Gasteiger charge is -1.97. The maximum Gasteiger partial charge on any atom is 0.137 e. The van der Waals surface area contributed by atoms with Gasteiger partial charge >= 0.3 is 0 Å². The van der Waals surface area contributed by atoms with Crippen molar-refractivity contribution in [2.45, 2.75) is 6.42 Å². The summed E-state index contributed by atoms with van der Waals surface area (Å²) in [4.78, 5) is 3.12. The van der Waals surface area contributed by atoms with Crippen molar-refractivity contribution >= 4 is 10.9 Å². The molecule has 1 heterocycles. The average molecular weight is 195 g/mol. The number of nitrogens with zero attached hydrogens (tertiary/aromatic N) is 2. The minimum absolute atomic E-state index is 0.483. The fraction of sp³-hybridized carbons (Fsp3) is 0.167. The lowest BCUT2D eigenvalue weighted by atomic mass is 10.0. The van der Waals surface area contributed by atoms with E-state index >= 15 is 0 Å². The first kappa shape index (κ1) is 9.30. The standard InChI is InChI=1S/C12H9N3/c13-6-9(7-14)5-10-8-15-12-4-2-1-3-11(10)12/h1-4,8-9,15H,5H2. The Bertz CT molecular complexity index is 540. The largest absolute Gasteiger partial charge is 0.361 e. The molecule has 72 valence electrons. The third-order valence-corrected chi connectivity index (χ3v) is 2.41. The summed E-state index contributed by atoms with van der Waals surface area (Å²) in [6, 6.07) is 11.8. The van der Waals surface area contributed by atoms with Crippen LogP contribution in [0.1, 0.15) is 5.56 Å². The minimum atomic E-state index is -0.566. The summed E-state index contributed by atoms with van der Waals surface area (Å²) >= 11 is 0. The van der Waals surface area contributed by atoms with Crippen molar-refractivity contribution in [3.8, 4) is 12.1 Å². The molecule has 0 saturated heterocycles. The summed E-state index contributed by atoms with van der Waals surface area (Å²) < 4.78 is 0. The van der Waals surface area contributed by atoms with E-state index < -0.39 is 5.92 Å². The van der Waals surface area contributed by atoms with Crippen LogP contribution in [0.5, 0.6) is 0 Å². The molecule has 0 radical (unpaired) electrons. The zero-order valence-corrected chi connectivity index (χ0v) is 8.07. The minimum Gasteiger partial charge on any atom is -0.361 e. The maximum absolute atomic E-state index is 8.71. The SMILES string of the molecule is N#CC(C#N)Cc1c[nH]c2ccccc12. The van der Waals surface area contributed by atoms with Crippen LogP contribution in [-0.4, -0.2) is 4.98 Å².